The molecule has 0 saturated heterocycles. The Morgan fingerprint density at radius 2 is 0.704 bits per heavy atom. The molecule has 0 radical (unpaired) electrons. The predicted octanol–water partition coefficient (Wildman–Crippen LogP) is 19.7. The maximum absolute atomic E-state index is 12.5. The minimum atomic E-state index is -0.861. The molecular formula is C65H121NO5. The molecular weight excluding hydrogens is 875 g/mol. The van der Waals surface area contributed by atoms with Gasteiger partial charge in [0.15, 0.2) is 0 Å². The molecule has 3 N–H and O–H groups in total. The Kier molecular flexibility index (Phi) is 58.5. The van der Waals surface area contributed by atoms with Crippen molar-refractivity contribution in [2.24, 2.45) is 0 Å². The standard InChI is InChI=1S/C65H121NO5/c1-3-5-7-9-11-13-15-17-19-21-22-23-24-25-27-29-33-37-41-45-49-53-57-63(68)62(61-67)66-64(69)58-54-50-46-42-38-34-30-28-32-36-40-44-48-52-56-60-71-65(70)59-55-51-47-43-39-35-31-26-20-18-16-14-12-10-8-6-4-2/h18,20,28,32,36,40,53,57,62-63,67-68H,3-17,19,21-27,29-31,33-35,37-39,41-52,54-56,58-61H2,1-2H3,(H,66,69)/b20-18-,32-28-,40-36-,57-53+. The first kappa shape index (κ1) is 68.8. The molecule has 0 fully saturated rings. The molecule has 2 unspecified atom stereocenters. The van der Waals surface area contributed by atoms with Crippen LogP contribution in [-0.2, 0) is 14.3 Å². The number of hydrogen-bond donors (Lipinski definition) is 3. The van der Waals surface area contributed by atoms with Crippen molar-refractivity contribution in [2.45, 2.75) is 341 Å². The van der Waals surface area contributed by atoms with Crippen LogP contribution in [0.5, 0.6) is 0 Å². The van der Waals surface area contributed by atoms with Crippen LogP contribution < -0.4 is 5.32 Å². The summed E-state index contributed by atoms with van der Waals surface area (Å²) in [4.78, 5) is 24.6. The third kappa shape index (κ3) is 57.0. The van der Waals surface area contributed by atoms with Crippen LogP contribution in [0.3, 0.4) is 0 Å². The molecule has 0 bridgehead atoms. The van der Waals surface area contributed by atoms with Crippen molar-refractivity contribution in [1.82, 2.24) is 5.32 Å². The number of hydrogen-bond acceptors (Lipinski definition) is 5. The lowest BCUT2D eigenvalue weighted by Crippen LogP contribution is -2.45. The first-order valence-electron chi connectivity index (χ1n) is 31.4. The van der Waals surface area contributed by atoms with Crippen LogP contribution >= 0.6 is 0 Å². The summed E-state index contributed by atoms with van der Waals surface area (Å²) in [7, 11) is 0. The summed E-state index contributed by atoms with van der Waals surface area (Å²) in [6, 6.07) is -0.647. The van der Waals surface area contributed by atoms with E-state index in [-0.39, 0.29) is 18.5 Å². The van der Waals surface area contributed by atoms with Gasteiger partial charge >= 0.3 is 5.97 Å². The topological polar surface area (TPSA) is 95.9 Å². The van der Waals surface area contributed by atoms with E-state index in [0.29, 0.717) is 19.4 Å². The van der Waals surface area contributed by atoms with E-state index in [2.05, 4.69) is 55.6 Å². The Morgan fingerprint density at radius 1 is 0.394 bits per heavy atom. The highest BCUT2D eigenvalue weighted by Crippen LogP contribution is 2.17. The number of carbonyl (C=O) groups is 2. The van der Waals surface area contributed by atoms with E-state index < -0.39 is 12.1 Å². The van der Waals surface area contributed by atoms with Crippen LogP contribution in [-0.4, -0.2) is 47.4 Å². The zero-order chi connectivity index (χ0) is 51.4. The molecule has 0 aromatic rings. The molecule has 2 atom stereocenters. The molecule has 0 aromatic carbocycles. The summed E-state index contributed by atoms with van der Waals surface area (Å²) in [5, 5.41) is 23.2. The lowest BCUT2D eigenvalue weighted by molar-refractivity contribution is -0.143. The first-order chi connectivity index (χ1) is 35.0. The lowest BCUT2D eigenvalue weighted by atomic mass is 10.0. The molecule has 1 amide bonds. The van der Waals surface area contributed by atoms with Crippen molar-refractivity contribution in [1.29, 1.82) is 0 Å². The Hall–Kier alpha value is -2.18. The normalized spacial score (nSPS) is 12.9. The molecule has 0 spiro atoms. The number of carbonyl (C=O) groups excluding carboxylic acids is 2. The summed E-state index contributed by atoms with van der Waals surface area (Å²) in [5.74, 6) is -0.115. The molecule has 6 heteroatoms. The third-order valence-corrected chi connectivity index (χ3v) is 14.3. The summed E-state index contributed by atoms with van der Waals surface area (Å²) >= 11 is 0. The molecule has 71 heavy (non-hydrogen) atoms. The van der Waals surface area contributed by atoms with Gasteiger partial charge in [-0.25, -0.2) is 0 Å². The van der Waals surface area contributed by atoms with Crippen molar-refractivity contribution in [2.75, 3.05) is 13.2 Å². The van der Waals surface area contributed by atoms with Gasteiger partial charge in [0, 0.05) is 12.8 Å². The number of unbranched alkanes of at least 4 members (excludes halogenated alkanes) is 42. The van der Waals surface area contributed by atoms with E-state index in [1.54, 1.807) is 6.08 Å². The van der Waals surface area contributed by atoms with Gasteiger partial charge in [-0.15, -0.1) is 0 Å². The highest BCUT2D eigenvalue weighted by atomic mass is 16.5. The largest absolute Gasteiger partial charge is 0.466 e. The quantitative estimate of drug-likeness (QED) is 0.0244. The second-order valence-corrected chi connectivity index (χ2v) is 21.4. The van der Waals surface area contributed by atoms with Crippen molar-refractivity contribution in [3.63, 3.8) is 0 Å². The minimum absolute atomic E-state index is 0.0260. The van der Waals surface area contributed by atoms with Crippen LogP contribution in [0, 0.1) is 0 Å². The van der Waals surface area contributed by atoms with Crippen LogP contribution in [0.2, 0.25) is 0 Å². The number of nitrogens with one attached hydrogen (secondary N) is 1. The van der Waals surface area contributed by atoms with Gasteiger partial charge in [-0.3, -0.25) is 9.59 Å². The number of amides is 1. The molecule has 0 aliphatic carbocycles. The molecule has 6 nitrogen and oxygen atoms in total. The van der Waals surface area contributed by atoms with E-state index in [0.717, 1.165) is 77.0 Å². The molecule has 0 rings (SSSR count). The Morgan fingerprint density at radius 3 is 1.08 bits per heavy atom. The van der Waals surface area contributed by atoms with Gasteiger partial charge < -0.3 is 20.3 Å². The fourth-order valence-corrected chi connectivity index (χ4v) is 9.50. The highest BCUT2D eigenvalue weighted by Gasteiger charge is 2.18. The molecule has 0 aliphatic heterocycles. The fourth-order valence-electron chi connectivity index (χ4n) is 9.50. The summed E-state index contributed by atoms with van der Waals surface area (Å²) < 4.78 is 5.46. The van der Waals surface area contributed by atoms with E-state index >= 15 is 0 Å². The van der Waals surface area contributed by atoms with Crippen LogP contribution in [0.4, 0.5) is 0 Å². The van der Waals surface area contributed by atoms with Crippen molar-refractivity contribution in [3.8, 4) is 0 Å². The minimum Gasteiger partial charge on any atom is -0.466 e. The zero-order valence-corrected chi connectivity index (χ0v) is 47.5. The van der Waals surface area contributed by atoms with Crippen LogP contribution in [0.25, 0.3) is 0 Å². The summed E-state index contributed by atoms with van der Waals surface area (Å²) in [6.07, 6.45) is 77.2. The number of rotatable bonds is 58. The second-order valence-electron chi connectivity index (χ2n) is 21.4. The lowest BCUT2D eigenvalue weighted by Gasteiger charge is -2.20. The maximum atomic E-state index is 12.5. The first-order valence-corrected chi connectivity index (χ1v) is 31.4. The van der Waals surface area contributed by atoms with Crippen molar-refractivity contribution in [3.05, 3.63) is 48.6 Å². The summed E-state index contributed by atoms with van der Waals surface area (Å²) in [5.41, 5.74) is 0. The van der Waals surface area contributed by atoms with Gasteiger partial charge in [0.25, 0.3) is 0 Å². The predicted molar refractivity (Wildman–Crippen MR) is 310 cm³/mol. The maximum Gasteiger partial charge on any atom is 0.305 e. The van der Waals surface area contributed by atoms with E-state index in [4.69, 9.17) is 4.74 Å². The highest BCUT2D eigenvalue weighted by molar-refractivity contribution is 5.76. The van der Waals surface area contributed by atoms with E-state index in [9.17, 15) is 19.8 Å². The van der Waals surface area contributed by atoms with E-state index in [1.807, 2.05) is 6.08 Å². The third-order valence-electron chi connectivity index (χ3n) is 14.3. The van der Waals surface area contributed by atoms with Gasteiger partial charge in [-0.2, -0.15) is 0 Å². The number of aliphatic hydroxyl groups is 2. The monoisotopic (exact) mass is 996 g/mol. The number of ether oxygens (including phenoxy) is 1. The second kappa shape index (κ2) is 60.4. The molecule has 0 saturated carbocycles. The van der Waals surface area contributed by atoms with Crippen molar-refractivity contribution < 1.29 is 24.5 Å². The SMILES string of the molecule is CCCCCCCC/C=C\CCCCCCCCCC(=O)OCCCCC/C=C\C=C/CCCCCCCCC(=O)NC(CO)C(O)/C=C/CCCCCCCCCCCCCCCCCCCCCC. The molecule has 0 aromatic heterocycles. The van der Waals surface area contributed by atoms with Gasteiger partial charge in [0.05, 0.1) is 25.4 Å². The number of esters is 1. The fraction of sp³-hybridized carbons (Fsp3) is 0.846. The van der Waals surface area contributed by atoms with Gasteiger partial charge in [-0.05, 0) is 89.9 Å². The smallest absolute Gasteiger partial charge is 0.305 e. The van der Waals surface area contributed by atoms with E-state index in [1.165, 1.54) is 225 Å². The van der Waals surface area contributed by atoms with Gasteiger partial charge in [0.1, 0.15) is 0 Å². The molecule has 416 valence electrons. The number of allylic oxidation sites excluding steroid dienone is 7. The van der Waals surface area contributed by atoms with Crippen LogP contribution in [0.15, 0.2) is 48.6 Å². The average Bonchev–Trinajstić information content (AvgIpc) is 3.37. The van der Waals surface area contributed by atoms with Crippen LogP contribution in [0.1, 0.15) is 328 Å². The van der Waals surface area contributed by atoms with Gasteiger partial charge in [-0.1, -0.05) is 274 Å². The zero-order valence-electron chi connectivity index (χ0n) is 47.5. The van der Waals surface area contributed by atoms with Gasteiger partial charge in [0.2, 0.25) is 5.91 Å². The molecule has 0 aliphatic rings. The Balaban J connectivity index is 3.54. The average molecular weight is 997 g/mol. The Labute approximate surface area is 442 Å². The summed E-state index contributed by atoms with van der Waals surface area (Å²) in [6.45, 7) is 4.86. The van der Waals surface area contributed by atoms with Crippen molar-refractivity contribution >= 4 is 11.9 Å². The molecule has 0 heterocycles. The Bertz CT molecular complexity index is 1190. The number of aliphatic hydroxyl groups excluding tert-OH is 2.